The fourth-order valence-electron chi connectivity index (χ4n) is 1.30. The van der Waals surface area contributed by atoms with Crippen LogP contribution in [-0.4, -0.2) is 23.7 Å². The smallest absolute Gasteiger partial charge is 0.270 e. The monoisotopic (exact) mass is 314 g/mol. The lowest BCUT2D eigenvalue weighted by atomic mass is 10.4. The molecule has 0 N–H and O–H groups in total. The first kappa shape index (κ1) is 12.0. The number of carbonyl (C=O) groups excluding carboxylic acids is 1. The molecule has 0 fully saturated rings. The van der Waals surface area contributed by atoms with Crippen LogP contribution in [0.25, 0.3) is 0 Å². The van der Waals surface area contributed by atoms with Gasteiger partial charge in [0.15, 0.2) is 6.29 Å². The molecular formula is C10H7BrN2O3S. The Labute approximate surface area is 106 Å². The zero-order valence-electron chi connectivity index (χ0n) is 8.45. The van der Waals surface area contributed by atoms with Gasteiger partial charge >= 0.3 is 0 Å². The van der Waals surface area contributed by atoms with Gasteiger partial charge in [-0.1, -0.05) is 0 Å². The van der Waals surface area contributed by atoms with Crippen LogP contribution >= 0.6 is 15.9 Å². The average molecular weight is 315 g/mol. The average Bonchev–Trinajstić information content (AvgIpc) is 2.72. The maximum atomic E-state index is 12.2. The van der Waals surface area contributed by atoms with Crippen LogP contribution in [0.3, 0.4) is 0 Å². The maximum absolute atomic E-state index is 12.2. The number of aldehydes is 1. The Morgan fingerprint density at radius 1 is 1.35 bits per heavy atom. The number of aromatic nitrogens is 2. The first-order chi connectivity index (χ1) is 8.07. The molecule has 7 heteroatoms. The molecule has 5 nitrogen and oxygen atoms in total. The summed E-state index contributed by atoms with van der Waals surface area (Å²) in [6, 6.07) is 4.39. The second-order valence-electron chi connectivity index (χ2n) is 3.17. The van der Waals surface area contributed by atoms with Gasteiger partial charge in [-0.05, 0) is 34.1 Å². The minimum Gasteiger partial charge on any atom is -0.298 e. The number of hydrogen-bond acceptors (Lipinski definition) is 4. The number of nitrogens with zero attached hydrogens (tertiary/aromatic N) is 2. The summed E-state index contributed by atoms with van der Waals surface area (Å²) in [5.41, 5.74) is 0.275. The Morgan fingerprint density at radius 3 is 2.65 bits per heavy atom. The van der Waals surface area contributed by atoms with Gasteiger partial charge in [-0.25, -0.2) is 12.4 Å². The minimum absolute atomic E-state index is 0.0637. The lowest BCUT2D eigenvalue weighted by Crippen LogP contribution is -2.12. The van der Waals surface area contributed by atoms with Crippen LogP contribution in [0.2, 0.25) is 0 Å². The van der Waals surface area contributed by atoms with Crippen LogP contribution in [0.4, 0.5) is 0 Å². The fraction of sp³-hybridized carbons (Fsp3) is 0. The Kier molecular flexibility index (Phi) is 3.12. The summed E-state index contributed by atoms with van der Waals surface area (Å²) < 4.78 is 25.5. The third-order valence-electron chi connectivity index (χ3n) is 2.14. The van der Waals surface area contributed by atoms with E-state index < -0.39 is 10.0 Å². The normalized spacial score (nSPS) is 11.4. The number of hydrogen-bond donors (Lipinski definition) is 0. The summed E-state index contributed by atoms with van der Waals surface area (Å²) in [6.07, 6.45) is 4.64. The van der Waals surface area contributed by atoms with Gasteiger partial charge in [0.1, 0.15) is 9.50 Å². The fourth-order valence-corrected chi connectivity index (χ4v) is 3.42. The van der Waals surface area contributed by atoms with Crippen molar-refractivity contribution in [3.05, 3.63) is 47.0 Å². The van der Waals surface area contributed by atoms with E-state index >= 15 is 0 Å². The molecule has 2 rings (SSSR count). The zero-order chi connectivity index (χ0) is 12.5. The van der Waals surface area contributed by atoms with Crippen molar-refractivity contribution in [3.63, 3.8) is 0 Å². The number of rotatable bonds is 3. The van der Waals surface area contributed by atoms with Crippen LogP contribution in [0.1, 0.15) is 10.4 Å². The van der Waals surface area contributed by atoms with Crippen LogP contribution in [0.15, 0.2) is 46.3 Å². The van der Waals surface area contributed by atoms with Gasteiger partial charge in [-0.3, -0.25) is 9.78 Å². The van der Waals surface area contributed by atoms with Gasteiger partial charge in [0.2, 0.25) is 0 Å². The van der Waals surface area contributed by atoms with E-state index in [1.807, 2.05) is 0 Å². The summed E-state index contributed by atoms with van der Waals surface area (Å²) in [5, 5.41) is 0. The standard InChI is InChI=1S/C10H7BrN2O3S/c11-10-8(7-14)3-5-13(10)17(15,16)9-2-1-4-12-6-9/h1-7H. The highest BCUT2D eigenvalue weighted by Gasteiger charge is 2.20. The molecule has 0 saturated heterocycles. The summed E-state index contributed by atoms with van der Waals surface area (Å²) in [7, 11) is -3.71. The molecule has 17 heavy (non-hydrogen) atoms. The van der Waals surface area contributed by atoms with Gasteiger partial charge in [0, 0.05) is 24.2 Å². The largest absolute Gasteiger partial charge is 0.298 e. The summed E-state index contributed by atoms with van der Waals surface area (Å²) in [6.45, 7) is 0. The van der Waals surface area contributed by atoms with Gasteiger partial charge in [0.25, 0.3) is 10.0 Å². The Hall–Kier alpha value is -1.47. The molecule has 0 atom stereocenters. The number of halogens is 1. The minimum atomic E-state index is -3.71. The SMILES string of the molecule is O=Cc1ccn(S(=O)(=O)c2cccnc2)c1Br. The van der Waals surface area contributed by atoms with Crippen molar-refractivity contribution < 1.29 is 13.2 Å². The summed E-state index contributed by atoms with van der Waals surface area (Å²) >= 11 is 3.08. The topological polar surface area (TPSA) is 69.0 Å². The lowest BCUT2D eigenvalue weighted by Gasteiger charge is -2.06. The van der Waals surface area contributed by atoms with E-state index in [4.69, 9.17) is 0 Å². The van der Waals surface area contributed by atoms with E-state index in [9.17, 15) is 13.2 Å². The maximum Gasteiger partial charge on any atom is 0.270 e. The lowest BCUT2D eigenvalue weighted by molar-refractivity contribution is 0.112. The molecule has 2 aromatic rings. The predicted molar refractivity (Wildman–Crippen MR) is 64.3 cm³/mol. The van der Waals surface area contributed by atoms with E-state index in [0.717, 1.165) is 3.97 Å². The molecule has 0 aromatic carbocycles. The molecule has 0 bridgehead atoms. The molecule has 2 heterocycles. The molecule has 0 aliphatic heterocycles. The first-order valence-corrected chi connectivity index (χ1v) is 6.78. The van der Waals surface area contributed by atoms with Gasteiger partial charge in [0.05, 0.1) is 0 Å². The molecule has 0 aliphatic carbocycles. The highest BCUT2D eigenvalue weighted by Crippen LogP contribution is 2.22. The Balaban J connectivity index is 2.60. The van der Waals surface area contributed by atoms with Gasteiger partial charge < -0.3 is 0 Å². The van der Waals surface area contributed by atoms with Gasteiger partial charge in [-0.15, -0.1) is 0 Å². The second kappa shape index (κ2) is 4.42. The quantitative estimate of drug-likeness (QED) is 0.808. The first-order valence-electron chi connectivity index (χ1n) is 4.55. The van der Waals surface area contributed by atoms with E-state index in [-0.39, 0.29) is 15.1 Å². The molecule has 0 amide bonds. The van der Waals surface area contributed by atoms with Crippen molar-refractivity contribution in [1.29, 1.82) is 0 Å². The van der Waals surface area contributed by atoms with E-state index in [1.165, 1.54) is 36.8 Å². The number of carbonyl (C=O) groups is 1. The van der Waals surface area contributed by atoms with Crippen LogP contribution in [0, 0.1) is 0 Å². The molecule has 0 spiro atoms. The van der Waals surface area contributed by atoms with Gasteiger partial charge in [-0.2, -0.15) is 0 Å². The molecule has 0 unspecified atom stereocenters. The zero-order valence-corrected chi connectivity index (χ0v) is 10.8. The highest BCUT2D eigenvalue weighted by atomic mass is 79.9. The van der Waals surface area contributed by atoms with E-state index in [0.29, 0.717) is 6.29 Å². The molecule has 2 aromatic heterocycles. The molecule has 0 saturated carbocycles. The van der Waals surface area contributed by atoms with Crippen LogP contribution in [-0.2, 0) is 10.0 Å². The Bertz CT molecular complexity index is 649. The van der Waals surface area contributed by atoms with Crippen LogP contribution < -0.4 is 0 Å². The van der Waals surface area contributed by atoms with Crippen LogP contribution in [0.5, 0.6) is 0 Å². The second-order valence-corrected chi connectivity index (χ2v) is 5.74. The van der Waals surface area contributed by atoms with Crippen molar-refractivity contribution >= 4 is 32.2 Å². The summed E-state index contributed by atoms with van der Waals surface area (Å²) in [4.78, 5) is 14.5. The van der Waals surface area contributed by atoms with Crippen molar-refractivity contribution in [2.75, 3.05) is 0 Å². The van der Waals surface area contributed by atoms with Crippen molar-refractivity contribution in [1.82, 2.24) is 8.96 Å². The molecule has 88 valence electrons. The number of pyridine rings is 1. The van der Waals surface area contributed by atoms with E-state index in [2.05, 4.69) is 20.9 Å². The third kappa shape index (κ3) is 2.03. The van der Waals surface area contributed by atoms with Crippen molar-refractivity contribution in [2.24, 2.45) is 0 Å². The Morgan fingerprint density at radius 2 is 2.12 bits per heavy atom. The molecule has 0 radical (unpaired) electrons. The third-order valence-corrected chi connectivity index (χ3v) is 4.87. The molecular weight excluding hydrogens is 308 g/mol. The van der Waals surface area contributed by atoms with Crippen molar-refractivity contribution in [2.45, 2.75) is 4.90 Å². The molecule has 0 aliphatic rings. The van der Waals surface area contributed by atoms with Crippen molar-refractivity contribution in [3.8, 4) is 0 Å². The summed E-state index contributed by atoms with van der Waals surface area (Å²) in [5.74, 6) is 0. The highest BCUT2D eigenvalue weighted by molar-refractivity contribution is 9.10. The predicted octanol–water partition coefficient (Wildman–Crippen LogP) is 1.70. The van der Waals surface area contributed by atoms with E-state index in [1.54, 1.807) is 0 Å².